The zero-order valence-corrected chi connectivity index (χ0v) is 21.5. The number of nitrogens with one attached hydrogen (secondary N) is 1. The average molecular weight is 466 g/mol. The summed E-state index contributed by atoms with van der Waals surface area (Å²) in [5.74, 6) is 0. The van der Waals surface area contributed by atoms with E-state index in [0.29, 0.717) is 6.04 Å². The first-order chi connectivity index (χ1) is 15.9. The summed E-state index contributed by atoms with van der Waals surface area (Å²) in [6, 6.07) is 23.4. The smallest absolute Gasteiger partial charge is 0.0119 e. The van der Waals surface area contributed by atoms with Crippen LogP contribution in [0.2, 0.25) is 0 Å². The van der Waals surface area contributed by atoms with Gasteiger partial charge in [0.15, 0.2) is 0 Å². The molecule has 3 fully saturated rings. The van der Waals surface area contributed by atoms with Gasteiger partial charge in [-0.15, -0.1) is 0 Å². The van der Waals surface area contributed by atoms with E-state index in [1.807, 2.05) is 0 Å². The van der Waals surface area contributed by atoms with Crippen LogP contribution in [0.5, 0.6) is 0 Å². The van der Waals surface area contributed by atoms with Gasteiger partial charge >= 0.3 is 0 Å². The lowest BCUT2D eigenvalue weighted by Gasteiger charge is -2.42. The molecule has 2 saturated carbocycles. The Balaban J connectivity index is 1.31. The fraction of sp³-hybridized carbons (Fsp3) is 0.586. The molecule has 1 heterocycles. The molecule has 0 aromatic heterocycles. The second kappa shape index (κ2) is 11.6. The van der Waals surface area contributed by atoms with Crippen LogP contribution < -0.4 is 15.9 Å². The van der Waals surface area contributed by atoms with Gasteiger partial charge in [-0.05, 0) is 73.8 Å². The number of hydrogen-bond acceptors (Lipinski definition) is 1. The monoisotopic (exact) mass is 465 g/mol. The molecule has 2 aromatic rings. The molecule has 3 aliphatic rings. The molecule has 5 rings (SSSR count). The molecule has 32 heavy (non-hydrogen) atoms. The van der Waals surface area contributed by atoms with Gasteiger partial charge in [0.05, 0.1) is 0 Å². The van der Waals surface area contributed by atoms with Crippen molar-refractivity contribution in [2.24, 2.45) is 0 Å². The summed E-state index contributed by atoms with van der Waals surface area (Å²) in [5, 5.41) is 7.15. The third-order valence-corrected chi connectivity index (χ3v) is 14.8. The summed E-state index contributed by atoms with van der Waals surface area (Å²) in [6.07, 6.45) is 17.9. The normalized spacial score (nSPS) is 25.6. The second-order valence-corrected chi connectivity index (χ2v) is 15.6. The molecule has 2 unspecified atom stereocenters. The lowest BCUT2D eigenvalue weighted by molar-refractivity contribution is 0.481. The standard InChI is InChI=1S/C29H41NP2/c1-5-13-25(14-6-1)31(26-15-7-2-8-16-26)23-24-21-29(22-30-24)32(27-17-9-3-10-18-27)28-19-11-4-12-20-28/h1-2,5-8,13-16,24,27-30H,3-4,9-12,17-23H2. The van der Waals surface area contributed by atoms with Gasteiger partial charge in [-0.3, -0.25) is 0 Å². The number of rotatable bonds is 7. The Morgan fingerprint density at radius 2 is 1.12 bits per heavy atom. The van der Waals surface area contributed by atoms with E-state index < -0.39 is 0 Å². The number of benzene rings is 2. The molecule has 0 bridgehead atoms. The van der Waals surface area contributed by atoms with Gasteiger partial charge in [-0.25, -0.2) is 0 Å². The van der Waals surface area contributed by atoms with Crippen molar-refractivity contribution in [1.82, 2.24) is 5.32 Å². The topological polar surface area (TPSA) is 12.0 Å². The summed E-state index contributed by atoms with van der Waals surface area (Å²) in [5.41, 5.74) is 3.14. The maximum absolute atomic E-state index is 4.07. The summed E-state index contributed by atoms with van der Waals surface area (Å²) < 4.78 is 0. The first-order valence-electron chi connectivity index (χ1n) is 13.3. The van der Waals surface area contributed by atoms with Crippen LogP contribution in [0, 0.1) is 0 Å². The maximum Gasteiger partial charge on any atom is 0.0119 e. The van der Waals surface area contributed by atoms with Gasteiger partial charge in [-0.1, -0.05) is 107 Å². The van der Waals surface area contributed by atoms with Crippen molar-refractivity contribution in [2.75, 3.05) is 12.7 Å². The molecule has 2 atom stereocenters. The highest BCUT2D eigenvalue weighted by Gasteiger charge is 2.40. The van der Waals surface area contributed by atoms with E-state index in [0.717, 1.165) is 17.0 Å². The molecule has 1 saturated heterocycles. The van der Waals surface area contributed by atoms with Crippen molar-refractivity contribution >= 4 is 26.5 Å². The van der Waals surface area contributed by atoms with Gasteiger partial charge in [0.1, 0.15) is 0 Å². The van der Waals surface area contributed by atoms with Crippen molar-refractivity contribution < 1.29 is 0 Å². The Labute approximate surface area is 198 Å². The van der Waals surface area contributed by atoms with Crippen LogP contribution in [0.3, 0.4) is 0 Å². The van der Waals surface area contributed by atoms with Crippen molar-refractivity contribution in [3.05, 3.63) is 60.7 Å². The second-order valence-electron chi connectivity index (χ2n) is 10.3. The summed E-state index contributed by atoms with van der Waals surface area (Å²) in [4.78, 5) is 0. The van der Waals surface area contributed by atoms with E-state index in [4.69, 9.17) is 0 Å². The number of hydrogen-bond donors (Lipinski definition) is 1. The third-order valence-electron chi connectivity index (χ3n) is 8.15. The average Bonchev–Trinajstić information content (AvgIpc) is 3.33. The van der Waals surface area contributed by atoms with Crippen LogP contribution in [0.15, 0.2) is 60.7 Å². The zero-order valence-electron chi connectivity index (χ0n) is 19.7. The first kappa shape index (κ1) is 23.0. The highest BCUT2D eigenvalue weighted by molar-refractivity contribution is 7.73. The van der Waals surface area contributed by atoms with Crippen LogP contribution >= 0.6 is 15.8 Å². The minimum absolute atomic E-state index is 0.186. The van der Waals surface area contributed by atoms with Crippen LogP contribution in [-0.4, -0.2) is 35.7 Å². The fourth-order valence-electron chi connectivity index (χ4n) is 6.61. The minimum Gasteiger partial charge on any atom is -0.313 e. The Morgan fingerprint density at radius 3 is 1.62 bits per heavy atom. The Kier molecular flexibility index (Phi) is 8.35. The first-order valence-corrected chi connectivity index (χ1v) is 16.3. The maximum atomic E-state index is 4.07. The molecular formula is C29H41NP2. The summed E-state index contributed by atoms with van der Waals surface area (Å²) in [7, 11) is -0.0980. The molecular weight excluding hydrogens is 424 g/mol. The Morgan fingerprint density at radius 1 is 0.625 bits per heavy atom. The molecule has 0 spiro atoms. The molecule has 3 heteroatoms. The third kappa shape index (κ3) is 5.66. The van der Waals surface area contributed by atoms with E-state index in [9.17, 15) is 0 Å². The highest BCUT2D eigenvalue weighted by atomic mass is 31.1. The van der Waals surface area contributed by atoms with Crippen LogP contribution in [0.25, 0.3) is 0 Å². The van der Waals surface area contributed by atoms with E-state index in [2.05, 4.69) is 66.0 Å². The fourth-order valence-corrected chi connectivity index (χ4v) is 13.6. The molecule has 172 valence electrons. The molecule has 0 radical (unpaired) electrons. The minimum atomic E-state index is -0.284. The van der Waals surface area contributed by atoms with Crippen molar-refractivity contribution in [3.8, 4) is 0 Å². The van der Waals surface area contributed by atoms with E-state index >= 15 is 0 Å². The van der Waals surface area contributed by atoms with Crippen LogP contribution in [0.4, 0.5) is 0 Å². The van der Waals surface area contributed by atoms with Crippen molar-refractivity contribution in [1.29, 1.82) is 0 Å². The lowest BCUT2D eigenvalue weighted by Crippen LogP contribution is -2.29. The van der Waals surface area contributed by atoms with Crippen molar-refractivity contribution in [2.45, 2.75) is 93.6 Å². The van der Waals surface area contributed by atoms with Gasteiger partial charge in [0, 0.05) is 12.6 Å². The SMILES string of the molecule is c1ccc(P(CC2CC(P(C3CCCCC3)C3CCCCC3)CN2)c2ccccc2)cc1. The van der Waals surface area contributed by atoms with E-state index in [1.165, 1.54) is 57.7 Å². The highest BCUT2D eigenvalue weighted by Crippen LogP contribution is 2.60. The van der Waals surface area contributed by atoms with Crippen LogP contribution in [0.1, 0.15) is 70.6 Å². The van der Waals surface area contributed by atoms with Crippen molar-refractivity contribution in [3.63, 3.8) is 0 Å². The van der Waals surface area contributed by atoms with E-state index in [1.54, 1.807) is 36.3 Å². The Bertz CT molecular complexity index is 741. The molecule has 2 aliphatic carbocycles. The summed E-state index contributed by atoms with van der Waals surface area (Å²) in [6.45, 7) is 1.30. The zero-order chi connectivity index (χ0) is 21.6. The molecule has 0 amide bonds. The summed E-state index contributed by atoms with van der Waals surface area (Å²) >= 11 is 0. The van der Waals surface area contributed by atoms with Gasteiger partial charge in [0.25, 0.3) is 0 Å². The largest absolute Gasteiger partial charge is 0.313 e. The quantitative estimate of drug-likeness (QED) is 0.434. The van der Waals surface area contributed by atoms with E-state index in [-0.39, 0.29) is 15.8 Å². The lowest BCUT2D eigenvalue weighted by atomic mass is 9.99. The molecule has 1 N–H and O–H groups in total. The molecule has 1 nitrogen and oxygen atoms in total. The molecule has 2 aromatic carbocycles. The van der Waals surface area contributed by atoms with Gasteiger partial charge in [-0.2, -0.15) is 0 Å². The predicted octanol–water partition coefficient (Wildman–Crippen LogP) is 7.00. The molecule has 1 aliphatic heterocycles. The predicted molar refractivity (Wildman–Crippen MR) is 145 cm³/mol. The van der Waals surface area contributed by atoms with Gasteiger partial charge in [0.2, 0.25) is 0 Å². The Hall–Kier alpha value is -0.740. The van der Waals surface area contributed by atoms with Gasteiger partial charge < -0.3 is 5.32 Å². The van der Waals surface area contributed by atoms with Crippen LogP contribution in [-0.2, 0) is 0 Å².